The fourth-order valence-corrected chi connectivity index (χ4v) is 3.31. The van der Waals surface area contributed by atoms with Gasteiger partial charge in [0, 0.05) is 35.4 Å². The van der Waals surface area contributed by atoms with E-state index in [9.17, 15) is 0 Å². The first kappa shape index (κ1) is 17.6. The predicted molar refractivity (Wildman–Crippen MR) is 116 cm³/mol. The number of aromatic nitrogens is 2. The third-order valence-corrected chi connectivity index (χ3v) is 5.06. The van der Waals surface area contributed by atoms with Crippen LogP contribution < -0.4 is 4.90 Å². The van der Waals surface area contributed by atoms with Crippen LogP contribution in [0.1, 0.15) is 0 Å². The predicted octanol–water partition coefficient (Wildman–Crippen LogP) is 6.03. The first-order valence-electron chi connectivity index (χ1n) is 8.81. The van der Waals surface area contributed by atoms with Crippen molar-refractivity contribution in [3.63, 3.8) is 0 Å². The van der Waals surface area contributed by atoms with Crippen molar-refractivity contribution < 1.29 is 0 Å². The van der Waals surface area contributed by atoms with Gasteiger partial charge in [-0.1, -0.05) is 58.4 Å². The first-order chi connectivity index (χ1) is 13.1. The molecule has 0 fully saturated rings. The highest BCUT2D eigenvalue weighted by atomic mass is 79.9. The summed E-state index contributed by atoms with van der Waals surface area (Å²) in [5.74, 6) is 0. The molecule has 0 atom stereocenters. The van der Waals surface area contributed by atoms with E-state index in [4.69, 9.17) is 5.10 Å². The van der Waals surface area contributed by atoms with Gasteiger partial charge >= 0.3 is 0 Å². The summed E-state index contributed by atoms with van der Waals surface area (Å²) in [6.07, 6.45) is 0. The van der Waals surface area contributed by atoms with Crippen molar-refractivity contribution in [2.75, 3.05) is 19.0 Å². The van der Waals surface area contributed by atoms with Gasteiger partial charge in [0.25, 0.3) is 0 Å². The van der Waals surface area contributed by atoms with E-state index in [2.05, 4.69) is 89.5 Å². The van der Waals surface area contributed by atoms with Crippen molar-refractivity contribution in [2.45, 2.75) is 0 Å². The van der Waals surface area contributed by atoms with Crippen LogP contribution >= 0.6 is 15.9 Å². The van der Waals surface area contributed by atoms with Gasteiger partial charge in [0.15, 0.2) is 0 Å². The SMILES string of the molecule is CN(C)c1ccc(-c2cc(-c3ccc(Br)cc3)nn2-c2ccccc2)cc1. The van der Waals surface area contributed by atoms with Crippen LogP contribution in [0.4, 0.5) is 5.69 Å². The topological polar surface area (TPSA) is 21.1 Å². The molecule has 3 nitrogen and oxygen atoms in total. The van der Waals surface area contributed by atoms with Gasteiger partial charge in [0.1, 0.15) is 0 Å². The van der Waals surface area contributed by atoms with Crippen molar-refractivity contribution in [2.24, 2.45) is 0 Å². The average molecular weight is 418 g/mol. The number of hydrogen-bond donors (Lipinski definition) is 0. The van der Waals surface area contributed by atoms with Gasteiger partial charge < -0.3 is 4.90 Å². The van der Waals surface area contributed by atoms with E-state index in [0.29, 0.717) is 0 Å². The molecule has 0 bridgehead atoms. The Bertz CT molecular complexity index is 1030. The van der Waals surface area contributed by atoms with Crippen LogP contribution in [-0.2, 0) is 0 Å². The summed E-state index contributed by atoms with van der Waals surface area (Å²) < 4.78 is 3.08. The van der Waals surface area contributed by atoms with Crippen LogP contribution in [0, 0.1) is 0 Å². The third kappa shape index (κ3) is 3.67. The van der Waals surface area contributed by atoms with E-state index >= 15 is 0 Å². The van der Waals surface area contributed by atoms with Gasteiger partial charge in [0.2, 0.25) is 0 Å². The maximum atomic E-state index is 4.91. The lowest BCUT2D eigenvalue weighted by molar-refractivity contribution is 0.892. The molecule has 0 N–H and O–H groups in total. The molecular weight excluding hydrogens is 398 g/mol. The molecule has 0 saturated heterocycles. The lowest BCUT2D eigenvalue weighted by atomic mass is 10.1. The summed E-state index contributed by atoms with van der Waals surface area (Å²) in [5, 5.41) is 4.91. The Kier molecular flexibility index (Phi) is 4.82. The molecule has 0 aliphatic rings. The molecule has 134 valence electrons. The molecule has 0 saturated carbocycles. The molecule has 0 unspecified atom stereocenters. The number of rotatable bonds is 4. The number of nitrogens with zero attached hydrogens (tertiary/aromatic N) is 3. The molecule has 1 aromatic heterocycles. The summed E-state index contributed by atoms with van der Waals surface area (Å²) in [5.41, 5.74) is 6.49. The maximum absolute atomic E-state index is 4.91. The van der Waals surface area contributed by atoms with Crippen molar-refractivity contribution in [1.29, 1.82) is 0 Å². The maximum Gasteiger partial charge on any atom is 0.0934 e. The van der Waals surface area contributed by atoms with Gasteiger partial charge in [-0.3, -0.25) is 0 Å². The lowest BCUT2D eigenvalue weighted by Crippen LogP contribution is -2.08. The molecule has 4 rings (SSSR count). The van der Waals surface area contributed by atoms with Crippen LogP contribution in [0.2, 0.25) is 0 Å². The molecule has 27 heavy (non-hydrogen) atoms. The van der Waals surface area contributed by atoms with Crippen LogP contribution in [0.5, 0.6) is 0 Å². The quantitative estimate of drug-likeness (QED) is 0.403. The van der Waals surface area contributed by atoms with Crippen molar-refractivity contribution in [3.8, 4) is 28.2 Å². The monoisotopic (exact) mass is 417 g/mol. The fourth-order valence-electron chi connectivity index (χ4n) is 3.04. The molecule has 0 amide bonds. The van der Waals surface area contributed by atoms with Crippen LogP contribution in [0.15, 0.2) is 89.4 Å². The molecule has 0 spiro atoms. The Hall–Kier alpha value is -2.85. The molecule has 0 radical (unpaired) electrons. The summed E-state index contributed by atoms with van der Waals surface area (Å²) >= 11 is 3.50. The Labute approximate surface area is 168 Å². The van der Waals surface area contributed by atoms with E-state index < -0.39 is 0 Å². The van der Waals surface area contributed by atoms with Gasteiger partial charge in [-0.15, -0.1) is 0 Å². The van der Waals surface area contributed by atoms with Gasteiger partial charge in [-0.2, -0.15) is 5.10 Å². The molecule has 0 aliphatic carbocycles. The Morgan fingerprint density at radius 1 is 0.778 bits per heavy atom. The molecule has 4 heteroatoms. The smallest absolute Gasteiger partial charge is 0.0934 e. The highest BCUT2D eigenvalue weighted by Gasteiger charge is 2.13. The van der Waals surface area contributed by atoms with E-state index in [1.807, 2.05) is 35.0 Å². The fraction of sp³-hybridized carbons (Fsp3) is 0.0870. The van der Waals surface area contributed by atoms with E-state index in [0.717, 1.165) is 32.7 Å². The van der Waals surface area contributed by atoms with Gasteiger partial charge in [0.05, 0.1) is 17.1 Å². The van der Waals surface area contributed by atoms with Gasteiger partial charge in [-0.05, 0) is 42.5 Å². The molecule has 3 aromatic carbocycles. The number of anilines is 1. The van der Waals surface area contributed by atoms with E-state index in [1.165, 1.54) is 5.69 Å². The van der Waals surface area contributed by atoms with E-state index in [-0.39, 0.29) is 0 Å². The highest BCUT2D eigenvalue weighted by molar-refractivity contribution is 9.10. The van der Waals surface area contributed by atoms with Crippen LogP contribution in [0.3, 0.4) is 0 Å². The average Bonchev–Trinajstić information content (AvgIpc) is 3.15. The van der Waals surface area contributed by atoms with Gasteiger partial charge in [-0.25, -0.2) is 4.68 Å². The minimum absolute atomic E-state index is 0.957. The normalized spacial score (nSPS) is 10.8. The van der Waals surface area contributed by atoms with Crippen molar-refractivity contribution in [1.82, 2.24) is 9.78 Å². The summed E-state index contributed by atoms with van der Waals surface area (Å²) in [4.78, 5) is 2.10. The van der Waals surface area contributed by atoms with Crippen LogP contribution in [-0.4, -0.2) is 23.9 Å². The second-order valence-electron chi connectivity index (χ2n) is 6.61. The van der Waals surface area contributed by atoms with Crippen molar-refractivity contribution >= 4 is 21.6 Å². The zero-order valence-corrected chi connectivity index (χ0v) is 16.9. The number of benzene rings is 3. The number of para-hydroxylation sites is 1. The third-order valence-electron chi connectivity index (χ3n) is 4.53. The Morgan fingerprint density at radius 2 is 1.41 bits per heavy atom. The largest absolute Gasteiger partial charge is 0.378 e. The zero-order valence-electron chi connectivity index (χ0n) is 15.3. The standard InChI is InChI=1S/C23H20BrN3/c1-26(2)20-14-10-18(11-15-20)23-16-22(17-8-12-19(24)13-9-17)25-27(23)21-6-4-3-5-7-21/h3-16H,1-2H3. The zero-order chi connectivity index (χ0) is 18.8. The molecular formula is C23H20BrN3. The highest BCUT2D eigenvalue weighted by Crippen LogP contribution is 2.30. The minimum atomic E-state index is 0.957. The van der Waals surface area contributed by atoms with Crippen LogP contribution in [0.25, 0.3) is 28.2 Å². The lowest BCUT2D eigenvalue weighted by Gasteiger charge is -2.13. The summed E-state index contributed by atoms with van der Waals surface area (Å²) in [6.45, 7) is 0. The Morgan fingerprint density at radius 3 is 2.04 bits per heavy atom. The number of halogens is 1. The number of hydrogen-bond acceptors (Lipinski definition) is 2. The van der Waals surface area contributed by atoms with Crippen molar-refractivity contribution in [3.05, 3.63) is 89.4 Å². The summed E-state index contributed by atoms with van der Waals surface area (Å²) in [7, 11) is 4.10. The minimum Gasteiger partial charge on any atom is -0.378 e. The Balaban J connectivity index is 1.84. The second-order valence-corrected chi connectivity index (χ2v) is 7.53. The first-order valence-corrected chi connectivity index (χ1v) is 9.60. The molecule has 4 aromatic rings. The molecule has 0 aliphatic heterocycles. The van der Waals surface area contributed by atoms with E-state index in [1.54, 1.807) is 0 Å². The molecule has 1 heterocycles. The summed E-state index contributed by atoms with van der Waals surface area (Å²) in [6, 6.07) is 29.2. The second kappa shape index (κ2) is 7.41.